The number of hydrogen-bond acceptors (Lipinski definition) is 2. The summed E-state index contributed by atoms with van der Waals surface area (Å²) in [5.41, 5.74) is 7.99. The van der Waals surface area contributed by atoms with E-state index in [0.29, 0.717) is 17.3 Å². The van der Waals surface area contributed by atoms with Gasteiger partial charge in [-0.25, -0.2) is 4.79 Å². The summed E-state index contributed by atoms with van der Waals surface area (Å²) < 4.78 is 0. The molecule has 3 rings (SSSR count). The smallest absolute Gasteiger partial charge is 0.322 e. The van der Waals surface area contributed by atoms with Crippen LogP contribution in [0.2, 0.25) is 5.02 Å². The molecule has 0 aromatic heterocycles. The van der Waals surface area contributed by atoms with Gasteiger partial charge < -0.3 is 16.0 Å². The summed E-state index contributed by atoms with van der Waals surface area (Å²) in [4.78, 5) is 25.7. The SMILES string of the molecule is NC(=O)C[C@@H]1CCCCN1C(=O)Nc1cccc(-c2cccc(Cl)c2)c1. The second-order valence-corrected chi connectivity index (χ2v) is 6.97. The molecule has 3 N–H and O–H groups in total. The summed E-state index contributed by atoms with van der Waals surface area (Å²) in [6.45, 7) is 0.637. The van der Waals surface area contributed by atoms with Crippen LogP contribution in [0.3, 0.4) is 0 Å². The van der Waals surface area contributed by atoms with E-state index in [0.717, 1.165) is 30.4 Å². The molecule has 136 valence electrons. The lowest BCUT2D eigenvalue weighted by atomic mass is 9.99. The molecule has 0 aliphatic carbocycles. The molecule has 5 nitrogen and oxygen atoms in total. The number of hydrogen-bond donors (Lipinski definition) is 2. The highest BCUT2D eigenvalue weighted by Gasteiger charge is 2.27. The van der Waals surface area contributed by atoms with E-state index in [1.54, 1.807) is 4.90 Å². The lowest BCUT2D eigenvalue weighted by Crippen LogP contribution is -2.47. The Labute approximate surface area is 158 Å². The number of benzene rings is 2. The number of nitrogens with zero attached hydrogens (tertiary/aromatic N) is 1. The minimum absolute atomic E-state index is 0.127. The molecule has 0 bridgehead atoms. The summed E-state index contributed by atoms with van der Waals surface area (Å²) in [5, 5.41) is 3.61. The Bertz CT molecular complexity index is 809. The molecule has 1 aliphatic heterocycles. The van der Waals surface area contributed by atoms with Gasteiger partial charge in [-0.3, -0.25) is 4.79 Å². The maximum atomic E-state index is 12.7. The number of carbonyl (C=O) groups is 2. The number of nitrogens with one attached hydrogen (secondary N) is 1. The van der Waals surface area contributed by atoms with Crippen molar-refractivity contribution in [2.24, 2.45) is 5.73 Å². The Morgan fingerprint density at radius 1 is 1.12 bits per heavy atom. The number of nitrogens with two attached hydrogens (primary N) is 1. The second-order valence-electron chi connectivity index (χ2n) is 6.53. The van der Waals surface area contributed by atoms with Crippen LogP contribution in [0.25, 0.3) is 11.1 Å². The Morgan fingerprint density at radius 2 is 1.85 bits per heavy atom. The summed E-state index contributed by atoms with van der Waals surface area (Å²) in [7, 11) is 0. The van der Waals surface area contributed by atoms with Gasteiger partial charge in [0, 0.05) is 29.7 Å². The number of amides is 3. The molecule has 3 amide bonds. The van der Waals surface area contributed by atoms with E-state index >= 15 is 0 Å². The van der Waals surface area contributed by atoms with Gasteiger partial charge in [0.05, 0.1) is 0 Å². The number of primary amides is 1. The average Bonchev–Trinajstić information content (AvgIpc) is 2.62. The molecule has 0 radical (unpaired) electrons. The van der Waals surface area contributed by atoms with Crippen LogP contribution in [0.5, 0.6) is 0 Å². The molecule has 6 heteroatoms. The largest absolute Gasteiger partial charge is 0.370 e. The fourth-order valence-electron chi connectivity index (χ4n) is 3.35. The van der Waals surface area contributed by atoms with Gasteiger partial charge in [-0.1, -0.05) is 35.9 Å². The number of rotatable bonds is 4. The minimum atomic E-state index is -0.377. The molecule has 0 unspecified atom stereocenters. The molecular weight excluding hydrogens is 350 g/mol. The predicted octanol–water partition coefficient (Wildman–Crippen LogP) is 4.27. The molecule has 1 saturated heterocycles. The van der Waals surface area contributed by atoms with Gasteiger partial charge in [-0.05, 0) is 54.7 Å². The zero-order valence-electron chi connectivity index (χ0n) is 14.5. The van der Waals surface area contributed by atoms with Crippen molar-refractivity contribution in [1.82, 2.24) is 4.90 Å². The van der Waals surface area contributed by atoms with Crippen molar-refractivity contribution in [3.8, 4) is 11.1 Å². The number of carbonyl (C=O) groups excluding carboxylic acids is 2. The van der Waals surface area contributed by atoms with Crippen molar-refractivity contribution in [3.05, 3.63) is 53.6 Å². The van der Waals surface area contributed by atoms with Crippen molar-refractivity contribution >= 4 is 29.2 Å². The lowest BCUT2D eigenvalue weighted by Gasteiger charge is -2.35. The molecule has 0 spiro atoms. The van der Waals surface area contributed by atoms with Gasteiger partial charge in [0.2, 0.25) is 5.91 Å². The first-order chi connectivity index (χ1) is 12.5. The topological polar surface area (TPSA) is 75.4 Å². The molecule has 0 saturated carbocycles. The van der Waals surface area contributed by atoms with Crippen molar-refractivity contribution in [2.75, 3.05) is 11.9 Å². The third-order valence-corrected chi connectivity index (χ3v) is 4.83. The number of likely N-dealkylation sites (tertiary alicyclic amines) is 1. The van der Waals surface area contributed by atoms with Crippen LogP contribution in [0.1, 0.15) is 25.7 Å². The highest BCUT2D eigenvalue weighted by molar-refractivity contribution is 6.30. The third kappa shape index (κ3) is 4.55. The fourth-order valence-corrected chi connectivity index (χ4v) is 3.54. The van der Waals surface area contributed by atoms with Crippen molar-refractivity contribution < 1.29 is 9.59 Å². The maximum Gasteiger partial charge on any atom is 0.322 e. The van der Waals surface area contributed by atoms with Gasteiger partial charge in [-0.2, -0.15) is 0 Å². The highest BCUT2D eigenvalue weighted by atomic mass is 35.5. The first-order valence-corrected chi connectivity index (χ1v) is 9.12. The van der Waals surface area contributed by atoms with E-state index < -0.39 is 0 Å². The van der Waals surface area contributed by atoms with Gasteiger partial charge >= 0.3 is 6.03 Å². The van der Waals surface area contributed by atoms with Crippen LogP contribution < -0.4 is 11.1 Å². The van der Waals surface area contributed by atoms with Crippen molar-refractivity contribution in [3.63, 3.8) is 0 Å². The maximum absolute atomic E-state index is 12.7. The van der Waals surface area contributed by atoms with Crippen LogP contribution in [0.15, 0.2) is 48.5 Å². The van der Waals surface area contributed by atoms with Gasteiger partial charge in [0.25, 0.3) is 0 Å². The van der Waals surface area contributed by atoms with Crippen LogP contribution in [0.4, 0.5) is 10.5 Å². The van der Waals surface area contributed by atoms with Crippen LogP contribution in [-0.2, 0) is 4.79 Å². The van der Waals surface area contributed by atoms with E-state index in [-0.39, 0.29) is 24.4 Å². The summed E-state index contributed by atoms with van der Waals surface area (Å²) >= 11 is 6.06. The number of halogens is 1. The molecule has 1 heterocycles. The molecule has 26 heavy (non-hydrogen) atoms. The first-order valence-electron chi connectivity index (χ1n) is 8.75. The monoisotopic (exact) mass is 371 g/mol. The van der Waals surface area contributed by atoms with Crippen molar-refractivity contribution in [1.29, 1.82) is 0 Å². The lowest BCUT2D eigenvalue weighted by molar-refractivity contribution is -0.119. The van der Waals surface area contributed by atoms with E-state index in [1.165, 1.54) is 0 Å². The first kappa shape index (κ1) is 18.3. The summed E-state index contributed by atoms with van der Waals surface area (Å²) in [5.74, 6) is -0.377. The normalized spacial score (nSPS) is 17.0. The van der Waals surface area contributed by atoms with E-state index in [4.69, 9.17) is 17.3 Å². The number of anilines is 1. The fraction of sp³-hybridized carbons (Fsp3) is 0.300. The Morgan fingerprint density at radius 3 is 2.58 bits per heavy atom. The minimum Gasteiger partial charge on any atom is -0.370 e. The van der Waals surface area contributed by atoms with E-state index in [2.05, 4.69) is 5.32 Å². The number of piperidine rings is 1. The molecule has 1 atom stereocenters. The van der Waals surface area contributed by atoms with Gasteiger partial charge in [0.1, 0.15) is 0 Å². The molecule has 2 aromatic rings. The summed E-state index contributed by atoms with van der Waals surface area (Å²) in [6, 6.07) is 14.9. The highest BCUT2D eigenvalue weighted by Crippen LogP contribution is 2.26. The van der Waals surface area contributed by atoms with Crippen LogP contribution in [-0.4, -0.2) is 29.4 Å². The van der Waals surface area contributed by atoms with Crippen LogP contribution in [0, 0.1) is 0 Å². The molecule has 1 aliphatic rings. The average molecular weight is 372 g/mol. The zero-order valence-corrected chi connectivity index (χ0v) is 15.2. The van der Waals surface area contributed by atoms with E-state index in [1.807, 2.05) is 48.5 Å². The van der Waals surface area contributed by atoms with Crippen molar-refractivity contribution in [2.45, 2.75) is 31.7 Å². The third-order valence-electron chi connectivity index (χ3n) is 4.60. The quantitative estimate of drug-likeness (QED) is 0.842. The Hall–Kier alpha value is -2.53. The Balaban J connectivity index is 1.74. The number of urea groups is 1. The standard InChI is InChI=1S/C20H22ClN3O2/c21-16-7-3-5-14(11-16)15-6-4-8-17(12-15)23-20(26)24-10-2-1-9-18(24)13-19(22)25/h3-8,11-12,18H,1-2,9-10,13H2,(H2,22,25)(H,23,26)/t18-/m0/s1. The molecular formula is C20H22ClN3O2. The Kier molecular flexibility index (Phi) is 5.78. The van der Waals surface area contributed by atoms with Gasteiger partial charge in [-0.15, -0.1) is 0 Å². The molecule has 1 fully saturated rings. The van der Waals surface area contributed by atoms with E-state index in [9.17, 15) is 9.59 Å². The zero-order chi connectivity index (χ0) is 18.5. The second kappa shape index (κ2) is 8.23. The molecule has 2 aromatic carbocycles. The van der Waals surface area contributed by atoms with Gasteiger partial charge in [0.15, 0.2) is 0 Å². The van der Waals surface area contributed by atoms with Crippen LogP contribution >= 0.6 is 11.6 Å². The predicted molar refractivity (Wildman–Crippen MR) is 104 cm³/mol. The summed E-state index contributed by atoms with van der Waals surface area (Å²) in [6.07, 6.45) is 2.95.